The summed E-state index contributed by atoms with van der Waals surface area (Å²) < 4.78 is 0. The van der Waals surface area contributed by atoms with E-state index in [0.717, 1.165) is 18.5 Å². The first-order valence-corrected chi connectivity index (χ1v) is 10.5. The van der Waals surface area contributed by atoms with E-state index < -0.39 is 5.97 Å². The molecule has 0 saturated heterocycles. The van der Waals surface area contributed by atoms with Gasteiger partial charge in [0.05, 0.1) is 5.56 Å². The first kappa shape index (κ1) is 20.3. The molecule has 1 aromatic heterocycles. The number of pyridine rings is 1. The lowest BCUT2D eigenvalue weighted by atomic mass is 9.90. The molecule has 1 aliphatic rings. The Hall–Kier alpha value is -2.98. The molecule has 4 nitrogen and oxygen atoms in total. The molecule has 0 spiro atoms. The van der Waals surface area contributed by atoms with Gasteiger partial charge in [0.2, 0.25) is 0 Å². The van der Waals surface area contributed by atoms with Gasteiger partial charge in [-0.1, -0.05) is 50.2 Å². The Morgan fingerprint density at radius 2 is 2.00 bits per heavy atom. The highest BCUT2D eigenvalue weighted by Gasteiger charge is 2.28. The number of carboxylic acid groups (broad SMARTS) is 1. The molecule has 4 rings (SSSR count). The lowest BCUT2D eigenvalue weighted by Gasteiger charge is -2.20. The summed E-state index contributed by atoms with van der Waals surface area (Å²) in [6.45, 7) is 5.39. The highest BCUT2D eigenvalue weighted by atomic mass is 16.4. The molecule has 0 amide bonds. The first-order valence-electron chi connectivity index (χ1n) is 10.5. The van der Waals surface area contributed by atoms with Crippen LogP contribution in [0, 0.1) is 0 Å². The smallest absolute Gasteiger partial charge is 0.336 e. The van der Waals surface area contributed by atoms with Gasteiger partial charge in [-0.2, -0.15) is 0 Å². The number of fused-ring (bicyclic) bond motifs is 1. The highest BCUT2D eigenvalue weighted by Crippen LogP contribution is 2.39. The molecular weight excluding hydrogens is 372 g/mol. The summed E-state index contributed by atoms with van der Waals surface area (Å²) in [6.07, 6.45) is 4.80. The third-order valence-corrected chi connectivity index (χ3v) is 6.17. The molecule has 0 aliphatic carbocycles. The molecule has 3 aromatic rings. The summed E-state index contributed by atoms with van der Waals surface area (Å²) in [4.78, 5) is 18.0. The van der Waals surface area contributed by atoms with Crippen molar-refractivity contribution in [3.63, 3.8) is 0 Å². The Bertz CT molecular complexity index is 1070. The van der Waals surface area contributed by atoms with E-state index in [1.54, 1.807) is 18.5 Å². The molecule has 154 valence electrons. The van der Waals surface area contributed by atoms with Gasteiger partial charge >= 0.3 is 5.97 Å². The molecule has 1 aliphatic heterocycles. The zero-order valence-electron chi connectivity index (χ0n) is 17.8. The fourth-order valence-electron chi connectivity index (χ4n) is 4.62. The molecule has 2 aromatic carbocycles. The minimum atomic E-state index is -0.888. The predicted molar refractivity (Wildman–Crippen MR) is 120 cm³/mol. The maximum atomic E-state index is 11.5. The van der Waals surface area contributed by atoms with Gasteiger partial charge in [-0.15, -0.1) is 0 Å². The van der Waals surface area contributed by atoms with E-state index in [0.29, 0.717) is 17.9 Å². The number of aromatic nitrogens is 1. The third-order valence-electron chi connectivity index (χ3n) is 6.17. The van der Waals surface area contributed by atoms with E-state index in [1.807, 2.05) is 0 Å². The second kappa shape index (κ2) is 8.41. The van der Waals surface area contributed by atoms with Gasteiger partial charge < -0.3 is 5.11 Å². The van der Waals surface area contributed by atoms with Crippen molar-refractivity contribution < 1.29 is 9.90 Å². The molecule has 0 fully saturated rings. The van der Waals surface area contributed by atoms with Crippen LogP contribution in [0.25, 0.3) is 11.1 Å². The van der Waals surface area contributed by atoms with Crippen LogP contribution >= 0.6 is 0 Å². The number of hydrogen-bond donors (Lipinski definition) is 1. The minimum absolute atomic E-state index is 0.288. The standard InChI is InChI=1S/C26H28N2O2/c1-17(2)21-6-4-5-7-22(21)18-8-10-23-20(14-18)16-28(3)25(23)11-9-19-15-27-13-12-24(19)26(29)30/h4-8,10,12-15,17,25H,9,11,16H2,1-3H3,(H,29,30)/t25-/m0/s1. The molecule has 0 bridgehead atoms. The number of benzene rings is 2. The van der Waals surface area contributed by atoms with Gasteiger partial charge in [-0.05, 0) is 71.3 Å². The Labute approximate surface area is 178 Å². The van der Waals surface area contributed by atoms with E-state index in [9.17, 15) is 9.90 Å². The van der Waals surface area contributed by atoms with Crippen molar-refractivity contribution in [2.75, 3.05) is 7.05 Å². The van der Waals surface area contributed by atoms with Gasteiger partial charge in [-0.3, -0.25) is 9.88 Å². The lowest BCUT2D eigenvalue weighted by Crippen LogP contribution is -2.17. The van der Waals surface area contributed by atoms with Crippen LogP contribution in [0.2, 0.25) is 0 Å². The number of aromatic carboxylic acids is 1. The number of carbonyl (C=O) groups is 1. The fraction of sp³-hybridized carbons (Fsp3) is 0.308. The summed E-state index contributed by atoms with van der Waals surface area (Å²) in [6, 6.07) is 17.4. The van der Waals surface area contributed by atoms with Gasteiger partial charge in [0.1, 0.15) is 0 Å². The van der Waals surface area contributed by atoms with Crippen molar-refractivity contribution in [2.24, 2.45) is 0 Å². The minimum Gasteiger partial charge on any atom is -0.478 e. The monoisotopic (exact) mass is 400 g/mol. The van der Waals surface area contributed by atoms with Crippen molar-refractivity contribution in [3.05, 3.63) is 88.7 Å². The van der Waals surface area contributed by atoms with Crippen molar-refractivity contribution >= 4 is 5.97 Å². The molecule has 4 heteroatoms. The Balaban J connectivity index is 1.59. The van der Waals surface area contributed by atoms with E-state index in [4.69, 9.17) is 0 Å². The third kappa shape index (κ3) is 3.88. The van der Waals surface area contributed by atoms with E-state index in [1.165, 1.54) is 27.8 Å². The maximum Gasteiger partial charge on any atom is 0.336 e. The van der Waals surface area contributed by atoms with E-state index >= 15 is 0 Å². The summed E-state index contributed by atoms with van der Waals surface area (Å²) in [5.41, 5.74) is 7.82. The van der Waals surface area contributed by atoms with Crippen LogP contribution in [0.1, 0.15) is 64.8 Å². The van der Waals surface area contributed by atoms with Crippen LogP contribution in [0.3, 0.4) is 0 Å². The number of nitrogens with zero attached hydrogens (tertiary/aromatic N) is 2. The van der Waals surface area contributed by atoms with Crippen molar-refractivity contribution in [2.45, 2.75) is 45.2 Å². The molecule has 2 heterocycles. The van der Waals surface area contributed by atoms with E-state index in [2.05, 4.69) is 73.2 Å². The second-order valence-corrected chi connectivity index (χ2v) is 8.46. The molecular formula is C26H28N2O2. The Morgan fingerprint density at radius 1 is 1.20 bits per heavy atom. The van der Waals surface area contributed by atoms with Crippen molar-refractivity contribution in [1.29, 1.82) is 0 Å². The molecule has 30 heavy (non-hydrogen) atoms. The maximum absolute atomic E-state index is 11.5. The van der Waals surface area contributed by atoms with Crippen LogP contribution in [0.4, 0.5) is 0 Å². The Kier molecular flexibility index (Phi) is 5.69. The first-order chi connectivity index (χ1) is 14.5. The number of carboxylic acids is 1. The summed E-state index contributed by atoms with van der Waals surface area (Å²) in [5, 5.41) is 9.43. The fourth-order valence-corrected chi connectivity index (χ4v) is 4.62. The van der Waals surface area contributed by atoms with E-state index in [-0.39, 0.29) is 6.04 Å². The SMILES string of the molecule is CC(C)c1ccccc1-c1ccc2c(c1)CN(C)[C@H]2CCc1cnccc1C(=O)O. The quantitative estimate of drug-likeness (QED) is 0.577. The topological polar surface area (TPSA) is 53.4 Å². The highest BCUT2D eigenvalue weighted by molar-refractivity contribution is 5.89. The van der Waals surface area contributed by atoms with Crippen molar-refractivity contribution in [1.82, 2.24) is 9.88 Å². The molecule has 1 N–H and O–H groups in total. The largest absolute Gasteiger partial charge is 0.478 e. The number of aryl methyl sites for hydroxylation is 1. The summed E-state index contributed by atoms with van der Waals surface area (Å²) in [7, 11) is 2.15. The van der Waals surface area contributed by atoms with Crippen LogP contribution in [0.5, 0.6) is 0 Å². The van der Waals surface area contributed by atoms with Crippen LogP contribution in [-0.2, 0) is 13.0 Å². The Morgan fingerprint density at radius 3 is 2.77 bits per heavy atom. The molecule has 1 atom stereocenters. The average Bonchev–Trinajstić information content (AvgIpc) is 3.06. The number of hydrogen-bond acceptors (Lipinski definition) is 3. The normalized spacial score (nSPS) is 16.1. The molecule has 0 unspecified atom stereocenters. The van der Waals surface area contributed by atoms with Crippen LogP contribution < -0.4 is 0 Å². The lowest BCUT2D eigenvalue weighted by molar-refractivity contribution is 0.0695. The van der Waals surface area contributed by atoms with Gasteiger partial charge in [0.25, 0.3) is 0 Å². The second-order valence-electron chi connectivity index (χ2n) is 8.46. The van der Waals surface area contributed by atoms with Crippen LogP contribution in [0.15, 0.2) is 60.9 Å². The van der Waals surface area contributed by atoms with Gasteiger partial charge in [-0.25, -0.2) is 4.79 Å². The van der Waals surface area contributed by atoms with Crippen molar-refractivity contribution in [3.8, 4) is 11.1 Å². The average molecular weight is 401 g/mol. The predicted octanol–water partition coefficient (Wildman–Crippen LogP) is 5.69. The molecule has 0 radical (unpaired) electrons. The van der Waals surface area contributed by atoms with Gasteiger partial charge in [0.15, 0.2) is 0 Å². The zero-order chi connectivity index (χ0) is 21.3. The van der Waals surface area contributed by atoms with Gasteiger partial charge in [0, 0.05) is 25.0 Å². The number of rotatable bonds is 6. The summed E-state index contributed by atoms with van der Waals surface area (Å²) >= 11 is 0. The summed E-state index contributed by atoms with van der Waals surface area (Å²) in [5.74, 6) is -0.408. The molecule has 0 saturated carbocycles. The zero-order valence-corrected chi connectivity index (χ0v) is 17.8. The van der Waals surface area contributed by atoms with Crippen LogP contribution in [-0.4, -0.2) is 28.0 Å².